The molecule has 0 aliphatic rings. The first-order valence-corrected chi connectivity index (χ1v) is 7.95. The molecule has 3 aromatic rings. The number of carbonyl (C=O) groups is 1. The third-order valence-electron chi connectivity index (χ3n) is 3.67. The Morgan fingerprint density at radius 2 is 2.16 bits per heavy atom. The van der Waals surface area contributed by atoms with E-state index < -0.39 is 0 Å². The Bertz CT molecular complexity index is 895. The SMILES string of the molecule is Cc1cc(C(=O)NC[C@@H](C)Oc2cccnc2)c2ccc(F)cc2n1. The van der Waals surface area contributed by atoms with Gasteiger partial charge < -0.3 is 10.1 Å². The van der Waals surface area contributed by atoms with Gasteiger partial charge in [-0.3, -0.25) is 14.8 Å². The van der Waals surface area contributed by atoms with E-state index in [9.17, 15) is 9.18 Å². The average molecular weight is 339 g/mol. The van der Waals surface area contributed by atoms with Gasteiger partial charge >= 0.3 is 0 Å². The van der Waals surface area contributed by atoms with E-state index in [4.69, 9.17) is 4.74 Å². The Morgan fingerprint density at radius 3 is 2.92 bits per heavy atom. The van der Waals surface area contributed by atoms with Gasteiger partial charge in [0.05, 0.1) is 23.8 Å². The number of carbonyl (C=O) groups excluding carboxylic acids is 1. The van der Waals surface area contributed by atoms with Crippen molar-refractivity contribution in [3.63, 3.8) is 0 Å². The number of aryl methyl sites for hydroxylation is 1. The lowest BCUT2D eigenvalue weighted by atomic mass is 10.1. The molecule has 5 nitrogen and oxygen atoms in total. The number of hydrogen-bond donors (Lipinski definition) is 1. The van der Waals surface area contributed by atoms with E-state index in [1.165, 1.54) is 12.1 Å². The molecular formula is C19H18FN3O2. The molecule has 0 saturated carbocycles. The van der Waals surface area contributed by atoms with Crippen molar-refractivity contribution in [2.24, 2.45) is 0 Å². The van der Waals surface area contributed by atoms with Crippen molar-refractivity contribution in [1.82, 2.24) is 15.3 Å². The number of halogens is 1. The van der Waals surface area contributed by atoms with Crippen molar-refractivity contribution in [1.29, 1.82) is 0 Å². The lowest BCUT2D eigenvalue weighted by Crippen LogP contribution is -2.33. The summed E-state index contributed by atoms with van der Waals surface area (Å²) >= 11 is 0. The van der Waals surface area contributed by atoms with Crippen LogP contribution in [0.15, 0.2) is 48.8 Å². The van der Waals surface area contributed by atoms with Gasteiger partial charge in [0.25, 0.3) is 5.91 Å². The standard InChI is InChI=1S/C19H18FN3O2/c1-12-8-17(16-6-5-14(20)9-18(16)23-12)19(24)22-10-13(2)25-15-4-3-7-21-11-15/h3-9,11,13H,10H2,1-2H3,(H,22,24)/t13-/m1/s1. The van der Waals surface area contributed by atoms with Crippen molar-refractivity contribution in [3.05, 3.63) is 65.9 Å². The van der Waals surface area contributed by atoms with Crippen molar-refractivity contribution < 1.29 is 13.9 Å². The normalized spacial score (nSPS) is 12.0. The van der Waals surface area contributed by atoms with Gasteiger partial charge in [0.15, 0.2) is 0 Å². The minimum absolute atomic E-state index is 0.222. The first kappa shape index (κ1) is 16.8. The van der Waals surface area contributed by atoms with Crippen LogP contribution in [0.2, 0.25) is 0 Å². The zero-order valence-corrected chi connectivity index (χ0v) is 14.0. The molecular weight excluding hydrogens is 321 g/mol. The molecule has 0 bridgehead atoms. The Balaban J connectivity index is 1.72. The van der Waals surface area contributed by atoms with Crippen LogP contribution in [0, 0.1) is 12.7 Å². The van der Waals surface area contributed by atoms with E-state index in [0.29, 0.717) is 34.5 Å². The molecule has 25 heavy (non-hydrogen) atoms. The van der Waals surface area contributed by atoms with Crippen molar-refractivity contribution in [2.75, 3.05) is 6.54 Å². The largest absolute Gasteiger partial charge is 0.487 e. The van der Waals surface area contributed by atoms with Gasteiger partial charge in [0.2, 0.25) is 0 Å². The summed E-state index contributed by atoms with van der Waals surface area (Å²) in [5, 5.41) is 3.46. The van der Waals surface area contributed by atoms with Gasteiger partial charge in [0.1, 0.15) is 17.7 Å². The van der Waals surface area contributed by atoms with Gasteiger partial charge in [-0.2, -0.15) is 0 Å². The van der Waals surface area contributed by atoms with Crippen LogP contribution >= 0.6 is 0 Å². The molecule has 0 unspecified atom stereocenters. The number of pyridine rings is 2. The van der Waals surface area contributed by atoms with Gasteiger partial charge in [-0.05, 0) is 44.2 Å². The molecule has 0 radical (unpaired) electrons. The summed E-state index contributed by atoms with van der Waals surface area (Å²) in [5.41, 5.74) is 1.59. The number of amides is 1. The molecule has 128 valence electrons. The quantitative estimate of drug-likeness (QED) is 0.775. The predicted molar refractivity (Wildman–Crippen MR) is 93.1 cm³/mol. The number of benzene rings is 1. The molecule has 0 aliphatic carbocycles. The maximum Gasteiger partial charge on any atom is 0.252 e. The van der Waals surface area contributed by atoms with Crippen LogP contribution in [0.1, 0.15) is 23.0 Å². The van der Waals surface area contributed by atoms with E-state index in [2.05, 4.69) is 15.3 Å². The smallest absolute Gasteiger partial charge is 0.252 e. The van der Waals surface area contributed by atoms with Crippen molar-refractivity contribution in [2.45, 2.75) is 20.0 Å². The Kier molecular flexibility index (Phi) is 4.88. The number of ether oxygens (including phenoxy) is 1. The predicted octanol–water partition coefficient (Wildman–Crippen LogP) is 3.27. The molecule has 1 aromatic carbocycles. The molecule has 0 saturated heterocycles. The highest BCUT2D eigenvalue weighted by Gasteiger charge is 2.14. The monoisotopic (exact) mass is 339 g/mol. The van der Waals surface area contributed by atoms with E-state index in [-0.39, 0.29) is 17.8 Å². The van der Waals surface area contributed by atoms with Crippen LogP contribution in [0.4, 0.5) is 4.39 Å². The molecule has 0 aliphatic heterocycles. The maximum absolute atomic E-state index is 13.4. The van der Waals surface area contributed by atoms with E-state index in [1.807, 2.05) is 6.92 Å². The van der Waals surface area contributed by atoms with Crippen LogP contribution in [0.3, 0.4) is 0 Å². The number of aromatic nitrogens is 2. The van der Waals surface area contributed by atoms with E-state index >= 15 is 0 Å². The minimum atomic E-state index is -0.379. The second kappa shape index (κ2) is 7.25. The Labute approximate surface area is 144 Å². The van der Waals surface area contributed by atoms with Gasteiger partial charge in [-0.15, -0.1) is 0 Å². The fourth-order valence-electron chi connectivity index (χ4n) is 2.54. The molecule has 1 atom stereocenters. The fraction of sp³-hybridized carbons (Fsp3) is 0.211. The zero-order valence-electron chi connectivity index (χ0n) is 14.0. The highest BCUT2D eigenvalue weighted by molar-refractivity contribution is 6.06. The molecule has 0 spiro atoms. The van der Waals surface area contributed by atoms with E-state index in [0.717, 1.165) is 0 Å². The lowest BCUT2D eigenvalue weighted by molar-refractivity contribution is 0.0933. The summed E-state index contributed by atoms with van der Waals surface area (Å²) in [5.74, 6) is 0.0177. The van der Waals surface area contributed by atoms with Crippen LogP contribution < -0.4 is 10.1 Å². The second-order valence-electron chi connectivity index (χ2n) is 5.80. The Hall–Kier alpha value is -3.02. The van der Waals surface area contributed by atoms with Gasteiger partial charge in [-0.1, -0.05) is 0 Å². The summed E-state index contributed by atoms with van der Waals surface area (Å²) in [6, 6.07) is 9.51. The number of fused-ring (bicyclic) bond motifs is 1. The third kappa shape index (κ3) is 4.09. The zero-order chi connectivity index (χ0) is 17.8. The lowest BCUT2D eigenvalue weighted by Gasteiger charge is -2.15. The van der Waals surface area contributed by atoms with Crippen LogP contribution in [0.5, 0.6) is 5.75 Å². The van der Waals surface area contributed by atoms with Crippen LogP contribution in [-0.4, -0.2) is 28.5 Å². The summed E-state index contributed by atoms with van der Waals surface area (Å²) < 4.78 is 19.1. The highest BCUT2D eigenvalue weighted by atomic mass is 19.1. The van der Waals surface area contributed by atoms with Crippen LogP contribution in [-0.2, 0) is 0 Å². The van der Waals surface area contributed by atoms with Crippen molar-refractivity contribution in [3.8, 4) is 5.75 Å². The molecule has 1 N–H and O–H groups in total. The molecule has 0 fully saturated rings. The summed E-state index contributed by atoms with van der Waals surface area (Å²) in [7, 11) is 0. The molecule has 2 heterocycles. The molecule has 3 rings (SSSR count). The maximum atomic E-state index is 13.4. The third-order valence-corrected chi connectivity index (χ3v) is 3.67. The molecule has 2 aromatic heterocycles. The summed E-state index contributed by atoms with van der Waals surface area (Å²) in [4.78, 5) is 20.8. The molecule has 1 amide bonds. The minimum Gasteiger partial charge on any atom is -0.487 e. The number of hydrogen-bond acceptors (Lipinski definition) is 4. The average Bonchev–Trinajstić information content (AvgIpc) is 2.59. The summed E-state index contributed by atoms with van der Waals surface area (Å²) in [6.07, 6.45) is 3.06. The first-order valence-electron chi connectivity index (χ1n) is 7.95. The second-order valence-corrected chi connectivity index (χ2v) is 5.80. The number of nitrogens with one attached hydrogen (secondary N) is 1. The first-order chi connectivity index (χ1) is 12.0. The van der Waals surface area contributed by atoms with Gasteiger partial charge in [-0.25, -0.2) is 4.39 Å². The molecule has 6 heteroatoms. The number of nitrogens with zero attached hydrogens (tertiary/aromatic N) is 2. The number of rotatable bonds is 5. The summed E-state index contributed by atoms with van der Waals surface area (Å²) in [6.45, 7) is 3.96. The van der Waals surface area contributed by atoms with Crippen LogP contribution in [0.25, 0.3) is 10.9 Å². The van der Waals surface area contributed by atoms with Crippen molar-refractivity contribution >= 4 is 16.8 Å². The van der Waals surface area contributed by atoms with Gasteiger partial charge in [0, 0.05) is 23.3 Å². The highest BCUT2D eigenvalue weighted by Crippen LogP contribution is 2.19. The fourth-order valence-corrected chi connectivity index (χ4v) is 2.54. The topological polar surface area (TPSA) is 64.1 Å². The Morgan fingerprint density at radius 1 is 1.32 bits per heavy atom. The van der Waals surface area contributed by atoms with E-state index in [1.54, 1.807) is 43.6 Å².